The minimum atomic E-state index is -8.92. The number of carbonyl (C=O) groups excluding carboxylic acids is 1. The summed E-state index contributed by atoms with van der Waals surface area (Å²) in [5, 5.41) is -7.95. The summed E-state index contributed by atoms with van der Waals surface area (Å²) < 4.78 is 244. The Kier molecular flexibility index (Phi) is 12.8. The Morgan fingerprint density at radius 3 is 1.23 bits per heavy atom. The molecule has 0 aromatic carbocycles. The second kappa shape index (κ2) is 12.5. The van der Waals surface area contributed by atoms with Crippen molar-refractivity contribution in [1.29, 1.82) is 0 Å². The zero-order chi connectivity index (χ0) is 33.2. The third-order valence-corrected chi connectivity index (χ3v) is 6.30. The van der Waals surface area contributed by atoms with Crippen LogP contribution in [-0.2, 0) is 25.8 Å². The van der Waals surface area contributed by atoms with Gasteiger partial charge in [-0.3, -0.25) is 4.79 Å². The smallest absolute Gasteiger partial charge is 0.460 e. The van der Waals surface area contributed by atoms with Crippen molar-refractivity contribution in [2.75, 3.05) is 18.3 Å². The van der Waals surface area contributed by atoms with Crippen LogP contribution in [0.25, 0.3) is 0 Å². The maximum atomic E-state index is 13.0. The maximum absolute atomic E-state index is 13.0. The molecular formula is C17H19F17O4S2. The van der Waals surface area contributed by atoms with Gasteiger partial charge in [0, 0.05) is 6.42 Å². The topological polar surface area (TPSA) is 74.3 Å². The number of Topliss-reactive ketones (excluding diaryl/α,β-unsaturated/α-hetero) is 1. The van der Waals surface area contributed by atoms with Crippen LogP contribution < -0.4 is 0 Å². The molecule has 0 aromatic rings. The lowest BCUT2D eigenvalue weighted by molar-refractivity contribution is -0.458. The standard InChI is InChI=1S/C9H19OS.C8HF17O3S/c1-4-5-6-7-9(10)8-11(2)3;9-1(10,3(13,14)5(17,18)7(21,22)23)2(11,12)4(15,16)6(19,20)8(24,25)29(26,27)28/h4-8H2,1-3H3;(H,26,27,28)/q+1;/p-1. The molecule has 0 N–H and O–H groups in total. The highest BCUT2D eigenvalue weighted by Crippen LogP contribution is 2.64. The van der Waals surface area contributed by atoms with Gasteiger partial charge in [0.1, 0.15) is 0 Å². The van der Waals surface area contributed by atoms with Gasteiger partial charge in [-0.2, -0.15) is 74.6 Å². The molecule has 0 amide bonds. The normalized spacial score (nSPS) is 15.2. The highest BCUT2D eigenvalue weighted by atomic mass is 32.2. The van der Waals surface area contributed by atoms with Crippen LogP contribution in [0.15, 0.2) is 0 Å². The van der Waals surface area contributed by atoms with Crippen molar-refractivity contribution in [2.45, 2.75) is 79.6 Å². The summed E-state index contributed by atoms with van der Waals surface area (Å²) in [4.78, 5) is 11.1. The molecule has 0 aliphatic rings. The van der Waals surface area contributed by atoms with Gasteiger partial charge in [-0.25, -0.2) is 8.42 Å². The minimum Gasteiger partial charge on any atom is -0.743 e. The Balaban J connectivity index is 0. The zero-order valence-corrected chi connectivity index (χ0v) is 21.5. The van der Waals surface area contributed by atoms with Crippen molar-refractivity contribution in [3.63, 3.8) is 0 Å². The second-order valence-corrected chi connectivity index (χ2v) is 11.7. The summed E-state index contributed by atoms with van der Waals surface area (Å²) in [6.45, 7) is 2.16. The molecule has 0 spiro atoms. The number of carbonyl (C=O) groups is 1. The number of hydrogen-bond acceptors (Lipinski definition) is 4. The molecule has 0 aromatic heterocycles. The molecule has 0 rings (SSSR count). The van der Waals surface area contributed by atoms with Crippen molar-refractivity contribution in [3.05, 3.63) is 0 Å². The van der Waals surface area contributed by atoms with Gasteiger partial charge in [-0.15, -0.1) is 0 Å². The predicted molar refractivity (Wildman–Crippen MR) is 104 cm³/mol. The van der Waals surface area contributed by atoms with Crippen molar-refractivity contribution in [3.8, 4) is 0 Å². The van der Waals surface area contributed by atoms with Crippen LogP contribution in [0.2, 0.25) is 0 Å². The highest BCUT2D eigenvalue weighted by molar-refractivity contribution is 7.96. The maximum Gasteiger partial charge on any atom is 0.460 e. The Hall–Kier alpha value is -1.26. The van der Waals surface area contributed by atoms with E-state index in [9.17, 15) is 92.4 Å². The molecule has 0 atom stereocenters. The van der Waals surface area contributed by atoms with Gasteiger partial charge in [0.2, 0.25) is 0 Å². The van der Waals surface area contributed by atoms with Crippen LogP contribution in [0.3, 0.4) is 0 Å². The molecule has 0 bridgehead atoms. The van der Waals surface area contributed by atoms with E-state index in [1.807, 2.05) is 0 Å². The number of unbranched alkanes of at least 4 members (excludes halogenated alkanes) is 2. The summed E-state index contributed by atoms with van der Waals surface area (Å²) in [5.41, 5.74) is 0. The second-order valence-electron chi connectivity index (χ2n) is 8.04. The fourth-order valence-corrected chi connectivity index (χ4v) is 3.50. The van der Waals surface area contributed by atoms with Crippen molar-refractivity contribution >= 4 is 26.8 Å². The number of halogens is 17. The summed E-state index contributed by atoms with van der Waals surface area (Å²) in [6.07, 6.45) is 0.654. The molecule has 242 valence electrons. The van der Waals surface area contributed by atoms with Crippen LogP contribution in [0.1, 0.15) is 32.6 Å². The first-order valence-corrected chi connectivity index (χ1v) is 13.5. The van der Waals surface area contributed by atoms with Crippen molar-refractivity contribution < 1.29 is 92.4 Å². The Morgan fingerprint density at radius 2 is 0.950 bits per heavy atom. The molecule has 0 saturated carbocycles. The van der Waals surface area contributed by atoms with E-state index in [1.165, 1.54) is 12.8 Å². The van der Waals surface area contributed by atoms with E-state index < -0.39 is 57.1 Å². The lowest BCUT2D eigenvalue weighted by Gasteiger charge is -2.42. The predicted octanol–water partition coefficient (Wildman–Crippen LogP) is 6.51. The summed E-state index contributed by atoms with van der Waals surface area (Å²) in [7, 11) is -7.84. The monoisotopic (exact) mass is 674 g/mol. The molecule has 0 fully saturated rings. The third kappa shape index (κ3) is 7.38. The van der Waals surface area contributed by atoms with E-state index in [0.717, 1.165) is 18.6 Å². The highest BCUT2D eigenvalue weighted by Gasteiger charge is 2.95. The van der Waals surface area contributed by atoms with E-state index >= 15 is 0 Å². The van der Waals surface area contributed by atoms with Crippen LogP contribution in [0.4, 0.5) is 74.6 Å². The molecule has 0 unspecified atom stereocenters. The van der Waals surface area contributed by atoms with Crippen LogP contribution in [-0.4, -0.2) is 84.0 Å². The Labute approximate surface area is 217 Å². The molecule has 0 saturated heterocycles. The van der Waals surface area contributed by atoms with Gasteiger partial charge in [0.05, 0.1) is 12.5 Å². The molecule has 23 heteroatoms. The number of hydrogen-bond donors (Lipinski definition) is 0. The van der Waals surface area contributed by atoms with E-state index in [1.54, 1.807) is 0 Å². The molecular weight excluding hydrogens is 655 g/mol. The third-order valence-electron chi connectivity index (χ3n) is 4.52. The molecule has 0 radical (unpaired) electrons. The van der Waals surface area contributed by atoms with Gasteiger partial charge in [-0.05, 0) is 17.3 Å². The fourth-order valence-electron chi connectivity index (χ4n) is 2.27. The van der Waals surface area contributed by atoms with Crippen LogP contribution >= 0.6 is 0 Å². The fraction of sp³-hybridized carbons (Fsp3) is 0.941. The number of ketones is 1. The van der Waals surface area contributed by atoms with Gasteiger partial charge < -0.3 is 4.55 Å². The summed E-state index contributed by atoms with van der Waals surface area (Å²) >= 11 is 0. The van der Waals surface area contributed by atoms with Crippen molar-refractivity contribution in [1.82, 2.24) is 0 Å². The van der Waals surface area contributed by atoms with E-state index in [4.69, 9.17) is 0 Å². The Morgan fingerprint density at radius 1 is 0.625 bits per heavy atom. The van der Waals surface area contributed by atoms with Crippen LogP contribution in [0.5, 0.6) is 0 Å². The lowest BCUT2D eigenvalue weighted by atomic mass is 9.91. The number of alkyl halides is 17. The van der Waals surface area contributed by atoms with Crippen LogP contribution in [0, 0.1) is 0 Å². The average molecular weight is 674 g/mol. The Bertz CT molecular complexity index is 959. The first-order valence-electron chi connectivity index (χ1n) is 9.89. The van der Waals surface area contributed by atoms with E-state index in [-0.39, 0.29) is 0 Å². The largest absolute Gasteiger partial charge is 0.743 e. The first kappa shape index (κ1) is 40.9. The summed E-state index contributed by atoms with van der Waals surface area (Å²) in [5.74, 6) is -50.9. The van der Waals surface area contributed by atoms with Gasteiger partial charge >= 0.3 is 47.0 Å². The minimum absolute atomic E-state index is 0.299. The van der Waals surface area contributed by atoms with Gasteiger partial charge in [-0.1, -0.05) is 19.8 Å². The average Bonchev–Trinajstić information content (AvgIpc) is 2.71. The van der Waals surface area contributed by atoms with E-state index in [0.29, 0.717) is 16.7 Å². The van der Waals surface area contributed by atoms with Crippen molar-refractivity contribution in [2.24, 2.45) is 0 Å². The lowest BCUT2D eigenvalue weighted by Crippen LogP contribution is -2.75. The molecule has 4 nitrogen and oxygen atoms in total. The molecule has 40 heavy (non-hydrogen) atoms. The number of rotatable bonds is 13. The molecule has 0 aliphatic heterocycles. The van der Waals surface area contributed by atoms with Gasteiger partial charge in [0.15, 0.2) is 21.7 Å². The first-order chi connectivity index (χ1) is 17.2. The SMILES string of the molecule is CCCCCC(=O)C[S+](C)C.O=S(=O)([O-])C(F)(F)C(F)(F)C(F)(F)C(F)(F)C(F)(F)C(F)(F)C(F)(F)C(F)(F)F. The molecule has 0 heterocycles. The molecule has 0 aliphatic carbocycles. The zero-order valence-electron chi connectivity index (χ0n) is 19.9. The van der Waals surface area contributed by atoms with Gasteiger partial charge in [0.25, 0.3) is 0 Å². The summed E-state index contributed by atoms with van der Waals surface area (Å²) in [6, 6.07) is 0. The quantitative estimate of drug-likeness (QED) is 0.0967. The van der Waals surface area contributed by atoms with E-state index in [2.05, 4.69) is 19.4 Å².